The van der Waals surface area contributed by atoms with Gasteiger partial charge in [0.1, 0.15) is 12.8 Å². The highest BCUT2D eigenvalue weighted by Crippen LogP contribution is 2.18. The maximum Gasteiger partial charge on any atom is 0.263 e. The maximum absolute atomic E-state index is 12.9. The largest absolute Gasteiger partial charge is 0.390 e. The third kappa shape index (κ3) is 4.30. The summed E-state index contributed by atoms with van der Waals surface area (Å²) >= 11 is 0. The van der Waals surface area contributed by atoms with Crippen LogP contribution in [0.5, 0.6) is 0 Å². The molecule has 0 aliphatic rings. The molecule has 0 atom stereocenters. The van der Waals surface area contributed by atoms with Crippen LogP contribution < -0.4 is 0 Å². The summed E-state index contributed by atoms with van der Waals surface area (Å²) in [6.45, 7) is -0.0846. The normalized spacial score (nSPS) is 11.3. The Balaban J connectivity index is 1.93. The summed E-state index contributed by atoms with van der Waals surface area (Å²) in [5.41, 5.74) is 0.578. The number of alkyl halides is 2. The quantitative estimate of drug-likeness (QED) is 0.457. The van der Waals surface area contributed by atoms with E-state index in [4.69, 9.17) is 4.84 Å². The maximum atomic E-state index is 12.9. The molecule has 0 aliphatic carbocycles. The lowest BCUT2D eigenvalue weighted by Crippen LogP contribution is -1.92. The topological polar surface area (TPSA) is 21.6 Å². The summed E-state index contributed by atoms with van der Waals surface area (Å²) in [7, 11) is 0. The Labute approximate surface area is 118 Å². The molecule has 0 unspecified atom stereocenters. The van der Waals surface area contributed by atoms with Gasteiger partial charge in [-0.2, -0.15) is 0 Å². The second-order valence-electron chi connectivity index (χ2n) is 4.15. The number of benzene rings is 2. The van der Waals surface area contributed by atoms with Crippen molar-refractivity contribution in [3.63, 3.8) is 0 Å². The lowest BCUT2D eigenvalue weighted by Gasteiger charge is -2.01. The highest BCUT2D eigenvalue weighted by molar-refractivity contribution is 5.79. The molecule has 0 saturated carbocycles. The van der Waals surface area contributed by atoms with Crippen molar-refractivity contribution >= 4 is 6.21 Å². The van der Waals surface area contributed by atoms with Gasteiger partial charge in [-0.1, -0.05) is 29.4 Å². The Morgan fingerprint density at radius 2 is 1.86 bits per heavy atom. The van der Waals surface area contributed by atoms with Crippen LogP contribution in [0.4, 0.5) is 17.6 Å². The van der Waals surface area contributed by atoms with Crippen LogP contribution in [0.3, 0.4) is 0 Å². The summed E-state index contributed by atoms with van der Waals surface area (Å²) in [4.78, 5) is 4.86. The van der Waals surface area contributed by atoms with Crippen LogP contribution in [0, 0.1) is 11.6 Å². The molecule has 2 aromatic rings. The Morgan fingerprint density at radius 3 is 2.57 bits per heavy atom. The van der Waals surface area contributed by atoms with Gasteiger partial charge in [-0.05, 0) is 23.8 Å². The zero-order chi connectivity index (χ0) is 15.2. The van der Waals surface area contributed by atoms with E-state index in [1.807, 2.05) is 0 Å². The number of rotatable bonds is 5. The van der Waals surface area contributed by atoms with Crippen molar-refractivity contribution in [2.24, 2.45) is 5.16 Å². The number of halogens is 4. The third-order valence-corrected chi connectivity index (χ3v) is 2.59. The van der Waals surface area contributed by atoms with Gasteiger partial charge in [0.25, 0.3) is 6.43 Å². The molecular weight excluding hydrogens is 286 g/mol. The predicted octanol–water partition coefficient (Wildman–Crippen LogP) is 4.33. The van der Waals surface area contributed by atoms with Gasteiger partial charge < -0.3 is 4.84 Å². The molecule has 0 saturated heterocycles. The fourth-order valence-corrected chi connectivity index (χ4v) is 1.57. The molecule has 0 fully saturated rings. The predicted molar refractivity (Wildman–Crippen MR) is 69.1 cm³/mol. The van der Waals surface area contributed by atoms with Gasteiger partial charge in [-0.25, -0.2) is 17.6 Å². The standard InChI is InChI=1S/C15H10F4NO/c16-13-5-4-11(7-14(13)17)9-21-20-8-10-2-1-3-12(6-10)15(18)19/h1-7,15H,9H2. The lowest BCUT2D eigenvalue weighted by atomic mass is 10.1. The molecule has 109 valence electrons. The van der Waals surface area contributed by atoms with Gasteiger partial charge in [0.05, 0.1) is 0 Å². The van der Waals surface area contributed by atoms with Crippen molar-refractivity contribution in [2.75, 3.05) is 0 Å². The number of hydrogen-bond donors (Lipinski definition) is 0. The first kappa shape index (κ1) is 15.0. The molecular formula is C15H10F4NO. The van der Waals surface area contributed by atoms with Crippen LogP contribution in [0.1, 0.15) is 23.1 Å². The molecule has 2 rings (SSSR count). The number of hydrogen-bond acceptors (Lipinski definition) is 2. The summed E-state index contributed by atoms with van der Waals surface area (Å²) in [6.07, 6.45) is -0.136. The first-order valence-electron chi connectivity index (χ1n) is 5.96. The van der Waals surface area contributed by atoms with E-state index in [1.54, 1.807) is 0 Å². The Morgan fingerprint density at radius 1 is 1.05 bits per heavy atom. The Kier molecular flexibility index (Phi) is 4.92. The van der Waals surface area contributed by atoms with E-state index in [1.165, 1.54) is 30.3 Å². The first-order valence-corrected chi connectivity index (χ1v) is 5.96. The van der Waals surface area contributed by atoms with Crippen LogP contribution in [0.15, 0.2) is 47.6 Å². The van der Waals surface area contributed by atoms with E-state index in [0.29, 0.717) is 11.1 Å². The smallest absolute Gasteiger partial charge is 0.263 e. The summed E-state index contributed by atoms with van der Waals surface area (Å²) in [5.74, 6) is -1.92. The molecule has 2 nitrogen and oxygen atoms in total. The fourth-order valence-electron chi connectivity index (χ4n) is 1.57. The molecule has 1 radical (unpaired) electrons. The molecule has 2 aromatic carbocycles. The highest BCUT2D eigenvalue weighted by atomic mass is 19.3. The van der Waals surface area contributed by atoms with Crippen molar-refractivity contribution in [3.8, 4) is 0 Å². The minimum Gasteiger partial charge on any atom is -0.390 e. The summed E-state index contributed by atoms with van der Waals surface area (Å²) in [6, 6.07) is 8.83. The molecule has 0 heterocycles. The van der Waals surface area contributed by atoms with Gasteiger partial charge in [-0.15, -0.1) is 0 Å². The van der Waals surface area contributed by atoms with Gasteiger partial charge in [-0.3, -0.25) is 0 Å². The minimum atomic E-state index is -2.57. The van der Waals surface area contributed by atoms with E-state index in [0.717, 1.165) is 12.1 Å². The van der Waals surface area contributed by atoms with Gasteiger partial charge in [0.15, 0.2) is 11.6 Å². The van der Waals surface area contributed by atoms with E-state index >= 15 is 0 Å². The monoisotopic (exact) mass is 296 g/mol. The molecule has 0 aliphatic heterocycles. The average molecular weight is 296 g/mol. The second-order valence-corrected chi connectivity index (χ2v) is 4.15. The Hall–Kier alpha value is -2.37. The van der Waals surface area contributed by atoms with Crippen molar-refractivity contribution < 1.29 is 22.4 Å². The zero-order valence-corrected chi connectivity index (χ0v) is 10.7. The third-order valence-electron chi connectivity index (χ3n) is 2.59. The lowest BCUT2D eigenvalue weighted by molar-refractivity contribution is 0.132. The van der Waals surface area contributed by atoms with Gasteiger partial charge >= 0.3 is 0 Å². The van der Waals surface area contributed by atoms with E-state index in [2.05, 4.69) is 11.4 Å². The number of nitrogens with zero attached hydrogens (tertiary/aromatic N) is 1. The van der Waals surface area contributed by atoms with Crippen molar-refractivity contribution in [1.29, 1.82) is 0 Å². The van der Waals surface area contributed by atoms with Crippen LogP contribution in [0.2, 0.25) is 0 Å². The molecule has 0 N–H and O–H groups in total. The summed E-state index contributed by atoms with van der Waals surface area (Å²) < 4.78 is 50.6. The SMILES string of the molecule is Fc1ccc(CO/N=[C]\c2cccc(C(F)F)c2)cc1F. The highest BCUT2D eigenvalue weighted by Gasteiger charge is 2.06. The van der Waals surface area contributed by atoms with Crippen LogP contribution >= 0.6 is 0 Å². The van der Waals surface area contributed by atoms with Crippen LogP contribution in [0.25, 0.3) is 0 Å². The summed E-state index contributed by atoms with van der Waals surface area (Å²) in [5, 5.41) is 3.48. The fraction of sp³-hybridized carbons (Fsp3) is 0.133. The zero-order valence-electron chi connectivity index (χ0n) is 10.7. The van der Waals surface area contributed by atoms with E-state index in [-0.39, 0.29) is 12.2 Å². The molecule has 6 heteroatoms. The van der Waals surface area contributed by atoms with Crippen LogP contribution in [-0.4, -0.2) is 6.21 Å². The van der Waals surface area contributed by atoms with Crippen LogP contribution in [-0.2, 0) is 11.4 Å². The second kappa shape index (κ2) is 6.88. The van der Waals surface area contributed by atoms with Crippen molar-refractivity contribution in [3.05, 3.63) is 70.8 Å². The van der Waals surface area contributed by atoms with Crippen molar-refractivity contribution in [2.45, 2.75) is 13.0 Å². The molecule has 0 amide bonds. The molecule has 0 aromatic heterocycles. The van der Waals surface area contributed by atoms with Crippen molar-refractivity contribution in [1.82, 2.24) is 0 Å². The Bertz CT molecular complexity index is 643. The molecule has 21 heavy (non-hydrogen) atoms. The van der Waals surface area contributed by atoms with Gasteiger partial charge in [0.2, 0.25) is 0 Å². The molecule has 0 bridgehead atoms. The van der Waals surface area contributed by atoms with E-state index < -0.39 is 18.1 Å². The average Bonchev–Trinajstić information content (AvgIpc) is 2.47. The van der Waals surface area contributed by atoms with Gasteiger partial charge in [0, 0.05) is 11.1 Å². The minimum absolute atomic E-state index is 0.0846. The first-order chi connectivity index (χ1) is 10.1. The van der Waals surface area contributed by atoms with E-state index in [9.17, 15) is 17.6 Å². The molecule has 0 spiro atoms.